The van der Waals surface area contributed by atoms with E-state index in [0.29, 0.717) is 12.1 Å². The van der Waals surface area contributed by atoms with Gasteiger partial charge in [0.15, 0.2) is 0 Å². The van der Waals surface area contributed by atoms with Crippen LogP contribution in [0.4, 0.5) is 0 Å². The minimum Gasteiger partial charge on any atom is -0.380 e. The molecule has 0 aromatic rings. The minimum absolute atomic E-state index is 0.588. The molecule has 1 aliphatic rings. The average Bonchev–Trinajstić information content (AvgIpc) is 3.07. The van der Waals surface area contributed by atoms with Gasteiger partial charge in [-0.3, -0.25) is 0 Å². The Morgan fingerprint density at radius 3 is 2.62 bits per heavy atom. The van der Waals surface area contributed by atoms with Crippen LogP contribution in [0.5, 0.6) is 0 Å². The summed E-state index contributed by atoms with van der Waals surface area (Å²) in [6.45, 7) is 7.42. The Morgan fingerprint density at radius 1 is 1.38 bits per heavy atom. The van der Waals surface area contributed by atoms with Crippen LogP contribution in [0.2, 0.25) is 0 Å². The van der Waals surface area contributed by atoms with Gasteiger partial charge in [0.25, 0.3) is 0 Å². The topological polar surface area (TPSA) is 24.5 Å². The summed E-state index contributed by atoms with van der Waals surface area (Å²) in [7, 11) is 4.21. The van der Waals surface area contributed by atoms with Crippen LogP contribution >= 0.6 is 0 Å². The Labute approximate surface area is 101 Å². The summed E-state index contributed by atoms with van der Waals surface area (Å²) in [5.41, 5.74) is 0. The van der Waals surface area contributed by atoms with Crippen molar-refractivity contribution in [2.45, 2.75) is 45.2 Å². The van der Waals surface area contributed by atoms with Crippen LogP contribution in [0.15, 0.2) is 0 Å². The molecule has 3 nitrogen and oxygen atoms in total. The van der Waals surface area contributed by atoms with E-state index in [1.807, 2.05) is 7.05 Å². The summed E-state index contributed by atoms with van der Waals surface area (Å²) in [5, 5.41) is 3.28. The fourth-order valence-corrected chi connectivity index (χ4v) is 1.77. The van der Waals surface area contributed by atoms with Crippen molar-refractivity contribution in [3.63, 3.8) is 0 Å². The molecule has 1 rings (SSSR count). The van der Waals surface area contributed by atoms with Gasteiger partial charge in [-0.05, 0) is 53.1 Å². The lowest BCUT2D eigenvalue weighted by Gasteiger charge is -2.26. The zero-order valence-electron chi connectivity index (χ0n) is 11.3. The van der Waals surface area contributed by atoms with Crippen LogP contribution in [-0.4, -0.2) is 50.8 Å². The van der Waals surface area contributed by atoms with Gasteiger partial charge < -0.3 is 15.0 Å². The Balaban J connectivity index is 2.00. The molecular formula is C13H28N2O. The highest BCUT2D eigenvalue weighted by Gasteiger charge is 2.21. The highest BCUT2D eigenvalue weighted by molar-refractivity contribution is 4.72. The SMILES string of the molecule is CNC(C)CC(C)N(C)CCOCC1CC1. The lowest BCUT2D eigenvalue weighted by Crippen LogP contribution is -2.37. The number of hydrogen-bond acceptors (Lipinski definition) is 3. The standard InChI is InChI=1S/C13H28N2O/c1-11(14-3)9-12(2)15(4)7-8-16-10-13-5-6-13/h11-14H,5-10H2,1-4H3. The highest BCUT2D eigenvalue weighted by atomic mass is 16.5. The second-order valence-electron chi connectivity index (χ2n) is 5.27. The summed E-state index contributed by atoms with van der Waals surface area (Å²) in [6.07, 6.45) is 3.95. The van der Waals surface area contributed by atoms with Crippen molar-refractivity contribution in [2.75, 3.05) is 33.9 Å². The molecule has 0 aliphatic heterocycles. The van der Waals surface area contributed by atoms with Gasteiger partial charge in [-0.25, -0.2) is 0 Å². The molecule has 0 heterocycles. The third-order valence-corrected chi connectivity index (χ3v) is 3.58. The van der Waals surface area contributed by atoms with E-state index in [1.54, 1.807) is 0 Å². The molecule has 0 aromatic heterocycles. The van der Waals surface area contributed by atoms with Gasteiger partial charge in [-0.15, -0.1) is 0 Å². The number of rotatable bonds is 9. The number of nitrogens with zero attached hydrogens (tertiary/aromatic N) is 1. The fraction of sp³-hybridized carbons (Fsp3) is 1.00. The van der Waals surface area contributed by atoms with E-state index in [9.17, 15) is 0 Å². The smallest absolute Gasteiger partial charge is 0.0593 e. The first-order chi connectivity index (χ1) is 7.63. The van der Waals surface area contributed by atoms with Crippen molar-refractivity contribution < 1.29 is 4.74 Å². The number of hydrogen-bond donors (Lipinski definition) is 1. The van der Waals surface area contributed by atoms with Gasteiger partial charge in [-0.1, -0.05) is 0 Å². The first kappa shape index (κ1) is 13.9. The number of nitrogens with one attached hydrogen (secondary N) is 1. The monoisotopic (exact) mass is 228 g/mol. The van der Waals surface area contributed by atoms with E-state index >= 15 is 0 Å². The van der Waals surface area contributed by atoms with Crippen molar-refractivity contribution in [1.29, 1.82) is 0 Å². The maximum Gasteiger partial charge on any atom is 0.0593 e. The zero-order chi connectivity index (χ0) is 12.0. The Bertz CT molecular complexity index is 183. The predicted molar refractivity (Wildman–Crippen MR) is 68.8 cm³/mol. The summed E-state index contributed by atoms with van der Waals surface area (Å²) in [6, 6.07) is 1.21. The van der Waals surface area contributed by atoms with Gasteiger partial charge in [-0.2, -0.15) is 0 Å². The molecule has 0 spiro atoms. The third-order valence-electron chi connectivity index (χ3n) is 3.58. The molecule has 1 aliphatic carbocycles. The van der Waals surface area contributed by atoms with E-state index < -0.39 is 0 Å². The molecule has 16 heavy (non-hydrogen) atoms. The molecule has 0 aromatic carbocycles. The largest absolute Gasteiger partial charge is 0.380 e. The highest BCUT2D eigenvalue weighted by Crippen LogP contribution is 2.28. The van der Waals surface area contributed by atoms with E-state index in [4.69, 9.17) is 4.74 Å². The van der Waals surface area contributed by atoms with Gasteiger partial charge in [0, 0.05) is 25.2 Å². The van der Waals surface area contributed by atoms with Gasteiger partial charge in [0.2, 0.25) is 0 Å². The summed E-state index contributed by atoms with van der Waals surface area (Å²) >= 11 is 0. The molecular weight excluding hydrogens is 200 g/mol. The summed E-state index contributed by atoms with van der Waals surface area (Å²) in [5.74, 6) is 0.882. The molecule has 1 saturated carbocycles. The van der Waals surface area contributed by atoms with Crippen LogP contribution in [0, 0.1) is 5.92 Å². The summed E-state index contributed by atoms with van der Waals surface area (Å²) in [4.78, 5) is 2.39. The van der Waals surface area contributed by atoms with E-state index in [0.717, 1.165) is 25.7 Å². The Kier molecular flexibility index (Phi) is 6.32. The van der Waals surface area contributed by atoms with Crippen LogP contribution in [0.25, 0.3) is 0 Å². The van der Waals surface area contributed by atoms with Crippen molar-refractivity contribution >= 4 is 0 Å². The van der Waals surface area contributed by atoms with Crippen molar-refractivity contribution in [3.8, 4) is 0 Å². The Hall–Kier alpha value is -0.120. The first-order valence-corrected chi connectivity index (χ1v) is 6.58. The van der Waals surface area contributed by atoms with E-state index in [1.165, 1.54) is 19.3 Å². The minimum atomic E-state index is 0.588. The molecule has 1 fully saturated rings. The lowest BCUT2D eigenvalue weighted by molar-refractivity contribution is 0.0911. The van der Waals surface area contributed by atoms with Crippen molar-refractivity contribution in [1.82, 2.24) is 10.2 Å². The number of likely N-dealkylation sites (N-methyl/N-ethyl adjacent to an activating group) is 1. The van der Waals surface area contributed by atoms with Gasteiger partial charge in [0.05, 0.1) is 6.61 Å². The average molecular weight is 228 g/mol. The first-order valence-electron chi connectivity index (χ1n) is 6.58. The number of ether oxygens (including phenoxy) is 1. The molecule has 2 atom stereocenters. The lowest BCUT2D eigenvalue weighted by atomic mass is 10.1. The van der Waals surface area contributed by atoms with Crippen LogP contribution in [-0.2, 0) is 4.74 Å². The van der Waals surface area contributed by atoms with E-state index in [-0.39, 0.29) is 0 Å². The van der Waals surface area contributed by atoms with Gasteiger partial charge in [0.1, 0.15) is 0 Å². The molecule has 0 bridgehead atoms. The van der Waals surface area contributed by atoms with Crippen molar-refractivity contribution in [2.24, 2.45) is 5.92 Å². The second kappa shape index (κ2) is 7.25. The molecule has 3 heteroatoms. The molecule has 0 saturated heterocycles. The normalized spacial score (nSPS) is 20.1. The summed E-state index contributed by atoms with van der Waals surface area (Å²) < 4.78 is 5.65. The maximum absolute atomic E-state index is 5.65. The zero-order valence-corrected chi connectivity index (χ0v) is 11.3. The fourth-order valence-electron chi connectivity index (χ4n) is 1.77. The van der Waals surface area contributed by atoms with Crippen molar-refractivity contribution in [3.05, 3.63) is 0 Å². The quantitative estimate of drug-likeness (QED) is 0.608. The van der Waals surface area contributed by atoms with Gasteiger partial charge >= 0.3 is 0 Å². The Morgan fingerprint density at radius 2 is 2.06 bits per heavy atom. The predicted octanol–water partition coefficient (Wildman–Crippen LogP) is 1.73. The van der Waals surface area contributed by atoms with Crippen LogP contribution < -0.4 is 5.32 Å². The van der Waals surface area contributed by atoms with Crippen LogP contribution in [0.3, 0.4) is 0 Å². The molecule has 1 N–H and O–H groups in total. The molecule has 0 amide bonds. The third kappa shape index (κ3) is 5.83. The van der Waals surface area contributed by atoms with Crippen LogP contribution in [0.1, 0.15) is 33.1 Å². The second-order valence-corrected chi connectivity index (χ2v) is 5.27. The maximum atomic E-state index is 5.65. The molecule has 2 unspecified atom stereocenters. The molecule has 0 radical (unpaired) electrons. The molecule has 96 valence electrons. The van der Waals surface area contributed by atoms with E-state index in [2.05, 4.69) is 31.1 Å².